The van der Waals surface area contributed by atoms with Crippen LogP contribution < -0.4 is 5.32 Å². The molecule has 30 heavy (non-hydrogen) atoms. The van der Waals surface area contributed by atoms with Gasteiger partial charge in [-0.25, -0.2) is 4.98 Å². The van der Waals surface area contributed by atoms with Crippen molar-refractivity contribution in [1.29, 1.82) is 5.26 Å². The SMILES string of the molecule is CC(C)n1nc(-c2ccc(C#N)cc2)c(C2CC2)c1C(=O)N[C@H]1Cc2nccn2C1. The molecule has 1 aliphatic carbocycles. The summed E-state index contributed by atoms with van der Waals surface area (Å²) in [5.41, 5.74) is 4.15. The second-order valence-electron chi connectivity index (χ2n) is 8.48. The van der Waals surface area contributed by atoms with Gasteiger partial charge in [0.2, 0.25) is 0 Å². The van der Waals surface area contributed by atoms with E-state index in [0.29, 0.717) is 17.2 Å². The van der Waals surface area contributed by atoms with E-state index in [1.54, 1.807) is 18.3 Å². The van der Waals surface area contributed by atoms with Gasteiger partial charge in [-0.2, -0.15) is 10.4 Å². The highest BCUT2D eigenvalue weighted by Crippen LogP contribution is 2.46. The van der Waals surface area contributed by atoms with E-state index in [4.69, 9.17) is 10.4 Å². The van der Waals surface area contributed by atoms with Crippen LogP contribution in [0.2, 0.25) is 0 Å². The van der Waals surface area contributed by atoms with Gasteiger partial charge < -0.3 is 9.88 Å². The van der Waals surface area contributed by atoms with Crippen LogP contribution in [0.3, 0.4) is 0 Å². The van der Waals surface area contributed by atoms with E-state index in [9.17, 15) is 4.79 Å². The second-order valence-corrected chi connectivity index (χ2v) is 8.48. The van der Waals surface area contributed by atoms with Crippen molar-refractivity contribution >= 4 is 5.91 Å². The molecule has 1 atom stereocenters. The van der Waals surface area contributed by atoms with Crippen LogP contribution in [0.15, 0.2) is 36.7 Å². The predicted molar refractivity (Wildman–Crippen MR) is 112 cm³/mol. The molecular weight excluding hydrogens is 376 g/mol. The number of carbonyl (C=O) groups excluding carboxylic acids is 1. The number of hydrogen-bond acceptors (Lipinski definition) is 4. The van der Waals surface area contributed by atoms with Crippen LogP contribution in [0.4, 0.5) is 0 Å². The minimum absolute atomic E-state index is 0.0436. The summed E-state index contributed by atoms with van der Waals surface area (Å²) < 4.78 is 3.96. The van der Waals surface area contributed by atoms with Crippen molar-refractivity contribution in [2.75, 3.05) is 0 Å². The number of carbonyl (C=O) groups is 1. The van der Waals surface area contributed by atoms with E-state index in [2.05, 4.69) is 20.9 Å². The van der Waals surface area contributed by atoms with Crippen molar-refractivity contribution in [2.45, 2.75) is 57.7 Å². The Morgan fingerprint density at radius 3 is 2.67 bits per heavy atom. The van der Waals surface area contributed by atoms with Gasteiger partial charge in [-0.15, -0.1) is 0 Å². The summed E-state index contributed by atoms with van der Waals surface area (Å²) in [4.78, 5) is 17.8. The first-order valence-electron chi connectivity index (χ1n) is 10.5. The number of benzene rings is 1. The summed E-state index contributed by atoms with van der Waals surface area (Å²) in [6.45, 7) is 4.85. The van der Waals surface area contributed by atoms with Crippen LogP contribution in [-0.4, -0.2) is 31.3 Å². The fraction of sp³-hybridized carbons (Fsp3) is 0.391. The Morgan fingerprint density at radius 2 is 2.03 bits per heavy atom. The van der Waals surface area contributed by atoms with Gasteiger partial charge in [-0.05, 0) is 44.7 Å². The van der Waals surface area contributed by atoms with Crippen molar-refractivity contribution in [2.24, 2.45) is 0 Å². The molecule has 7 heteroatoms. The van der Waals surface area contributed by atoms with Gasteiger partial charge in [0.05, 0.1) is 23.4 Å². The summed E-state index contributed by atoms with van der Waals surface area (Å²) in [6, 6.07) is 9.73. The van der Waals surface area contributed by atoms with Gasteiger partial charge in [-0.3, -0.25) is 9.48 Å². The summed E-state index contributed by atoms with van der Waals surface area (Å²) in [6.07, 6.45) is 6.66. The molecule has 152 valence electrons. The second kappa shape index (κ2) is 7.13. The highest BCUT2D eigenvalue weighted by Gasteiger charge is 2.37. The maximum absolute atomic E-state index is 13.5. The maximum Gasteiger partial charge on any atom is 0.270 e. The van der Waals surface area contributed by atoms with Crippen molar-refractivity contribution in [3.63, 3.8) is 0 Å². The number of hydrogen-bond donors (Lipinski definition) is 1. The number of amides is 1. The molecule has 0 saturated heterocycles. The Balaban J connectivity index is 1.51. The lowest BCUT2D eigenvalue weighted by Crippen LogP contribution is -2.37. The molecule has 3 aromatic rings. The number of aromatic nitrogens is 4. The molecule has 7 nitrogen and oxygen atoms in total. The van der Waals surface area contributed by atoms with Crippen molar-refractivity contribution < 1.29 is 4.79 Å². The monoisotopic (exact) mass is 400 g/mol. The number of nitrogens with zero attached hydrogens (tertiary/aromatic N) is 5. The van der Waals surface area contributed by atoms with Crippen LogP contribution in [-0.2, 0) is 13.0 Å². The first kappa shape index (κ1) is 18.6. The molecule has 3 heterocycles. The lowest BCUT2D eigenvalue weighted by molar-refractivity contribution is 0.0922. The van der Waals surface area contributed by atoms with E-state index in [0.717, 1.165) is 48.5 Å². The fourth-order valence-electron chi connectivity index (χ4n) is 4.29. The lowest BCUT2D eigenvalue weighted by atomic mass is 10.0. The van der Waals surface area contributed by atoms with Gasteiger partial charge in [0.15, 0.2) is 0 Å². The highest BCUT2D eigenvalue weighted by atomic mass is 16.2. The van der Waals surface area contributed by atoms with E-state index in [-0.39, 0.29) is 18.0 Å². The standard InChI is InChI=1S/C23H24N6O/c1-14(2)29-22(23(30)26-18-11-19-25-9-10-28(19)13-18)20(16-7-8-16)21(27-29)17-5-3-15(12-24)4-6-17/h3-6,9-10,14,16,18H,7-8,11,13H2,1-2H3,(H,26,30)/t18-/m0/s1. The van der Waals surface area contributed by atoms with Crippen LogP contribution in [0.5, 0.6) is 0 Å². The Labute approximate surface area is 175 Å². The third kappa shape index (κ3) is 3.18. The van der Waals surface area contributed by atoms with E-state index < -0.39 is 0 Å². The first-order valence-corrected chi connectivity index (χ1v) is 10.5. The average molecular weight is 400 g/mol. The van der Waals surface area contributed by atoms with Crippen LogP contribution in [0.25, 0.3) is 11.3 Å². The Kier molecular flexibility index (Phi) is 4.43. The van der Waals surface area contributed by atoms with Gasteiger partial charge in [-0.1, -0.05) is 12.1 Å². The third-order valence-electron chi connectivity index (χ3n) is 5.91. The molecule has 0 radical (unpaired) electrons. The van der Waals surface area contributed by atoms with Crippen LogP contribution in [0, 0.1) is 11.3 Å². The molecule has 0 unspecified atom stereocenters. The zero-order chi connectivity index (χ0) is 20.8. The molecule has 0 spiro atoms. The molecule has 1 saturated carbocycles. The van der Waals surface area contributed by atoms with E-state index in [1.807, 2.05) is 36.9 Å². The van der Waals surface area contributed by atoms with Gasteiger partial charge in [0.25, 0.3) is 5.91 Å². The fourth-order valence-corrected chi connectivity index (χ4v) is 4.29. The molecule has 1 fully saturated rings. The first-order chi connectivity index (χ1) is 14.5. The summed E-state index contributed by atoms with van der Waals surface area (Å²) in [7, 11) is 0. The number of imidazole rings is 1. The largest absolute Gasteiger partial charge is 0.346 e. The normalized spacial score (nSPS) is 17.7. The van der Waals surface area contributed by atoms with Crippen molar-refractivity contribution in [1.82, 2.24) is 24.6 Å². The lowest BCUT2D eigenvalue weighted by Gasteiger charge is -2.16. The number of fused-ring (bicyclic) bond motifs is 1. The van der Waals surface area contributed by atoms with Crippen LogP contribution in [0.1, 0.15) is 66.1 Å². The smallest absolute Gasteiger partial charge is 0.270 e. The van der Waals surface area contributed by atoms with Crippen LogP contribution >= 0.6 is 0 Å². The molecule has 1 amide bonds. The molecule has 1 aliphatic heterocycles. The minimum Gasteiger partial charge on any atom is -0.346 e. The van der Waals surface area contributed by atoms with E-state index in [1.165, 1.54) is 0 Å². The topological polar surface area (TPSA) is 88.5 Å². The Morgan fingerprint density at radius 1 is 1.27 bits per heavy atom. The quantitative estimate of drug-likeness (QED) is 0.711. The molecule has 1 aromatic carbocycles. The zero-order valence-corrected chi connectivity index (χ0v) is 17.2. The molecule has 0 bridgehead atoms. The Hall–Kier alpha value is -3.40. The van der Waals surface area contributed by atoms with Crippen molar-refractivity contribution in [3.05, 3.63) is 59.3 Å². The third-order valence-corrected chi connectivity index (χ3v) is 5.91. The average Bonchev–Trinajstić information content (AvgIpc) is 3.17. The zero-order valence-electron chi connectivity index (χ0n) is 17.2. The Bertz CT molecular complexity index is 1120. The van der Waals surface area contributed by atoms with E-state index >= 15 is 0 Å². The van der Waals surface area contributed by atoms with Crippen molar-refractivity contribution in [3.8, 4) is 17.3 Å². The summed E-state index contributed by atoms with van der Waals surface area (Å²) in [5, 5.41) is 17.2. The number of nitriles is 1. The molecule has 1 N–H and O–H groups in total. The summed E-state index contributed by atoms with van der Waals surface area (Å²) >= 11 is 0. The summed E-state index contributed by atoms with van der Waals surface area (Å²) in [5.74, 6) is 1.31. The number of rotatable bonds is 5. The number of nitrogens with one attached hydrogen (secondary N) is 1. The van der Waals surface area contributed by atoms with Gasteiger partial charge in [0, 0.05) is 42.5 Å². The molecule has 2 aliphatic rings. The minimum atomic E-state index is -0.0613. The van der Waals surface area contributed by atoms with Gasteiger partial charge in [0.1, 0.15) is 11.5 Å². The van der Waals surface area contributed by atoms with Gasteiger partial charge >= 0.3 is 0 Å². The molecule has 2 aromatic heterocycles. The highest BCUT2D eigenvalue weighted by molar-refractivity contribution is 5.96. The molecular formula is C23H24N6O. The predicted octanol–water partition coefficient (Wildman–Crippen LogP) is 3.43. The molecule has 5 rings (SSSR count). The maximum atomic E-state index is 13.5.